The molecular weight excluding hydrogens is 356 g/mol. The van der Waals surface area contributed by atoms with Crippen LogP contribution in [0, 0.1) is 5.92 Å². The molecule has 0 saturated carbocycles. The maximum Gasteiger partial charge on any atom is 0.307 e. The Balaban J connectivity index is 4.47. The van der Waals surface area contributed by atoms with Crippen LogP contribution >= 0.6 is 0 Å². The molecule has 0 aromatic rings. The van der Waals surface area contributed by atoms with Gasteiger partial charge in [0, 0.05) is 0 Å². The van der Waals surface area contributed by atoms with Crippen LogP contribution < -0.4 is 0 Å². The molecule has 29 heavy (non-hydrogen) atoms. The Bertz CT molecular complexity index is 633. The molecule has 0 aliphatic rings. The van der Waals surface area contributed by atoms with Crippen LogP contribution in [-0.2, 0) is 4.79 Å². The van der Waals surface area contributed by atoms with Crippen LogP contribution in [0.25, 0.3) is 0 Å². The van der Waals surface area contributed by atoms with E-state index in [-0.39, 0.29) is 5.92 Å². The smallest absolute Gasteiger partial charge is 0.307 e. The molecule has 0 heterocycles. The Morgan fingerprint density at radius 3 is 1.31 bits per heavy atom. The fourth-order valence-electron chi connectivity index (χ4n) is 3.01. The van der Waals surface area contributed by atoms with Crippen molar-refractivity contribution in [3.63, 3.8) is 0 Å². The highest BCUT2D eigenvalue weighted by Gasteiger charge is 2.14. The Hall–Kier alpha value is -1.83. The third kappa shape index (κ3) is 16.8. The van der Waals surface area contributed by atoms with Crippen LogP contribution in [0.3, 0.4) is 0 Å². The number of carboxylic acids is 1. The molecule has 0 aliphatic heterocycles. The van der Waals surface area contributed by atoms with Crippen molar-refractivity contribution in [1.29, 1.82) is 0 Å². The quantitative estimate of drug-likeness (QED) is 0.296. The molecule has 2 heteroatoms. The van der Waals surface area contributed by atoms with Crippen molar-refractivity contribution < 1.29 is 9.90 Å². The van der Waals surface area contributed by atoms with E-state index in [2.05, 4.69) is 78.8 Å². The van der Waals surface area contributed by atoms with E-state index >= 15 is 0 Å². The summed E-state index contributed by atoms with van der Waals surface area (Å²) in [6.07, 6.45) is 18.6. The van der Waals surface area contributed by atoms with E-state index in [0.717, 1.165) is 38.5 Å². The average Bonchev–Trinajstić information content (AvgIpc) is 2.60. The number of hydrogen-bond acceptors (Lipinski definition) is 1. The highest BCUT2D eigenvalue weighted by molar-refractivity contribution is 5.70. The second kappa shape index (κ2) is 16.0. The second-order valence-corrected chi connectivity index (χ2v) is 8.84. The summed E-state index contributed by atoms with van der Waals surface area (Å²) in [5, 5.41) is 9.54. The third-order valence-electron chi connectivity index (χ3n) is 5.06. The van der Waals surface area contributed by atoms with Crippen molar-refractivity contribution in [1.82, 2.24) is 0 Å². The molecule has 0 fully saturated rings. The largest absolute Gasteiger partial charge is 0.481 e. The van der Waals surface area contributed by atoms with Crippen LogP contribution in [0.1, 0.15) is 99.8 Å². The van der Waals surface area contributed by atoms with E-state index in [1.54, 1.807) is 0 Å². The van der Waals surface area contributed by atoms with Gasteiger partial charge < -0.3 is 5.11 Å². The monoisotopic (exact) mass is 400 g/mol. The molecule has 2 nitrogen and oxygen atoms in total. The van der Waals surface area contributed by atoms with Crippen LogP contribution in [0.4, 0.5) is 0 Å². The standard InChI is InChI=1S/C27H44O2/c1-21(2)11-8-13-23(5)15-10-16-25(7)18-20-26(27(28)29)19-17-24(6)14-9-12-22(3)4/h11-12,15,17-18,26H,8-10,13-14,16,19-20H2,1-7H3,(H,28,29)/b23-15?,24-17+,25-18?. The molecule has 0 aromatic heterocycles. The summed E-state index contributed by atoms with van der Waals surface area (Å²) in [6, 6.07) is 0. The van der Waals surface area contributed by atoms with Gasteiger partial charge in [0.05, 0.1) is 5.92 Å². The molecule has 1 N–H and O–H groups in total. The molecule has 0 aromatic carbocycles. The van der Waals surface area contributed by atoms with Gasteiger partial charge >= 0.3 is 5.97 Å². The van der Waals surface area contributed by atoms with Gasteiger partial charge in [-0.15, -0.1) is 0 Å². The number of rotatable bonds is 14. The maximum absolute atomic E-state index is 11.6. The summed E-state index contributed by atoms with van der Waals surface area (Å²) in [7, 11) is 0. The lowest BCUT2D eigenvalue weighted by molar-refractivity contribution is -0.141. The molecule has 0 bridgehead atoms. The van der Waals surface area contributed by atoms with Crippen molar-refractivity contribution in [2.45, 2.75) is 99.8 Å². The lowest BCUT2D eigenvalue weighted by atomic mass is 9.97. The lowest BCUT2D eigenvalue weighted by Gasteiger charge is -2.09. The van der Waals surface area contributed by atoms with Crippen molar-refractivity contribution in [2.24, 2.45) is 5.92 Å². The van der Waals surface area contributed by atoms with Crippen LogP contribution in [0.15, 0.2) is 58.2 Å². The van der Waals surface area contributed by atoms with Gasteiger partial charge in [0.25, 0.3) is 0 Å². The van der Waals surface area contributed by atoms with Gasteiger partial charge in [-0.25, -0.2) is 0 Å². The van der Waals surface area contributed by atoms with Gasteiger partial charge in [0.15, 0.2) is 0 Å². The van der Waals surface area contributed by atoms with E-state index in [1.807, 2.05) is 0 Å². The first-order chi connectivity index (χ1) is 13.6. The average molecular weight is 401 g/mol. The predicted molar refractivity (Wildman–Crippen MR) is 128 cm³/mol. The van der Waals surface area contributed by atoms with E-state index in [9.17, 15) is 9.90 Å². The number of carbonyl (C=O) groups is 1. The van der Waals surface area contributed by atoms with E-state index in [4.69, 9.17) is 0 Å². The first-order valence-electron chi connectivity index (χ1n) is 11.1. The van der Waals surface area contributed by atoms with Crippen LogP contribution in [0.5, 0.6) is 0 Å². The molecule has 0 saturated heterocycles. The SMILES string of the molecule is CC(C)=CCCC(C)=CCCC(C)=CCC(C/C=C(\C)CCC=C(C)C)C(=O)O. The van der Waals surface area contributed by atoms with Crippen molar-refractivity contribution in [2.75, 3.05) is 0 Å². The zero-order valence-electron chi connectivity index (χ0n) is 20.0. The molecule has 1 atom stereocenters. The Kier molecular flexibility index (Phi) is 15.0. The number of hydrogen-bond donors (Lipinski definition) is 1. The van der Waals surface area contributed by atoms with Crippen molar-refractivity contribution >= 4 is 5.97 Å². The molecule has 164 valence electrons. The Morgan fingerprint density at radius 1 is 0.621 bits per heavy atom. The Morgan fingerprint density at radius 2 is 0.966 bits per heavy atom. The third-order valence-corrected chi connectivity index (χ3v) is 5.06. The molecule has 0 amide bonds. The van der Waals surface area contributed by atoms with Gasteiger partial charge in [0.2, 0.25) is 0 Å². The van der Waals surface area contributed by atoms with E-state index in [1.165, 1.54) is 27.9 Å². The van der Waals surface area contributed by atoms with Gasteiger partial charge in [-0.3, -0.25) is 4.79 Å². The van der Waals surface area contributed by atoms with Crippen molar-refractivity contribution in [3.8, 4) is 0 Å². The van der Waals surface area contributed by atoms with Gasteiger partial charge in [-0.05, 0) is 99.8 Å². The summed E-state index contributed by atoms with van der Waals surface area (Å²) in [4.78, 5) is 11.6. The molecule has 0 radical (unpaired) electrons. The minimum absolute atomic E-state index is 0.329. The summed E-state index contributed by atoms with van der Waals surface area (Å²) >= 11 is 0. The maximum atomic E-state index is 11.6. The minimum atomic E-state index is -0.697. The van der Waals surface area contributed by atoms with Gasteiger partial charge in [-0.1, -0.05) is 58.2 Å². The number of carboxylic acid groups (broad SMARTS) is 1. The van der Waals surface area contributed by atoms with Gasteiger partial charge in [0.1, 0.15) is 0 Å². The van der Waals surface area contributed by atoms with E-state index < -0.39 is 5.97 Å². The zero-order valence-corrected chi connectivity index (χ0v) is 20.0. The lowest BCUT2D eigenvalue weighted by Crippen LogP contribution is -2.12. The molecule has 1 unspecified atom stereocenters. The predicted octanol–water partition coefficient (Wildman–Crippen LogP) is 8.58. The summed E-state index contributed by atoms with van der Waals surface area (Å²) < 4.78 is 0. The zero-order chi connectivity index (χ0) is 22.2. The molecule has 0 aliphatic carbocycles. The van der Waals surface area contributed by atoms with Crippen molar-refractivity contribution in [3.05, 3.63) is 58.2 Å². The Labute approximate surface area is 180 Å². The summed E-state index contributed by atoms with van der Waals surface area (Å²) in [6.45, 7) is 14.9. The second-order valence-electron chi connectivity index (χ2n) is 8.84. The highest BCUT2D eigenvalue weighted by atomic mass is 16.4. The fourth-order valence-corrected chi connectivity index (χ4v) is 3.01. The number of aliphatic carboxylic acids is 1. The topological polar surface area (TPSA) is 37.3 Å². The minimum Gasteiger partial charge on any atom is -0.481 e. The molecular formula is C27H44O2. The molecule has 0 rings (SSSR count). The first-order valence-corrected chi connectivity index (χ1v) is 11.1. The van der Waals surface area contributed by atoms with Crippen LogP contribution in [-0.4, -0.2) is 11.1 Å². The van der Waals surface area contributed by atoms with Gasteiger partial charge in [-0.2, -0.15) is 0 Å². The summed E-state index contributed by atoms with van der Waals surface area (Å²) in [5.41, 5.74) is 6.71. The summed E-state index contributed by atoms with van der Waals surface area (Å²) in [5.74, 6) is -1.03. The first kappa shape index (κ1) is 27.2. The highest BCUT2D eigenvalue weighted by Crippen LogP contribution is 2.18. The van der Waals surface area contributed by atoms with E-state index in [0.29, 0.717) is 12.8 Å². The molecule has 0 spiro atoms. The normalized spacial score (nSPS) is 13.8. The van der Waals surface area contributed by atoms with Crippen LogP contribution in [0.2, 0.25) is 0 Å². The fraction of sp³-hybridized carbons (Fsp3) is 0.593. The number of allylic oxidation sites excluding steroid dienone is 10.